The van der Waals surface area contributed by atoms with Gasteiger partial charge in [0.25, 0.3) is 0 Å². The third-order valence-electron chi connectivity index (χ3n) is 7.56. The molecule has 1 unspecified atom stereocenters. The van der Waals surface area contributed by atoms with Crippen LogP contribution in [0.3, 0.4) is 0 Å². The lowest BCUT2D eigenvalue weighted by atomic mass is 9.67. The first-order chi connectivity index (χ1) is 16.7. The Morgan fingerprint density at radius 2 is 1.56 bits per heavy atom. The first-order valence-electron chi connectivity index (χ1n) is 11.7. The summed E-state index contributed by atoms with van der Waals surface area (Å²) in [7, 11) is 0. The molecule has 4 aromatic carbocycles. The zero-order chi connectivity index (χ0) is 22.9. The van der Waals surface area contributed by atoms with Crippen LogP contribution in [0.1, 0.15) is 34.2 Å². The van der Waals surface area contributed by atoms with Crippen LogP contribution in [-0.4, -0.2) is 0 Å². The van der Waals surface area contributed by atoms with E-state index in [0.717, 1.165) is 11.4 Å². The highest BCUT2D eigenvalue weighted by Gasteiger charge is 2.53. The SMILES string of the molecule is Cc1ccc2c(c1)C1(C3=C2C=CC#CC3)c2ccccc2-c2cccc(-c3ccc(Cl)cc3)c21. The standard InChI is InChI=1S/C33H21Cl/c1-21-14-19-27-25-8-3-2-4-12-29(25)33(31(27)20-21)30-13-6-5-9-26(30)28-11-7-10-24(32(28)33)22-15-17-23(34)18-16-22/h3,5-11,13-20H,12H2,1H3. The maximum Gasteiger partial charge on any atom is 0.0703 e. The second-order valence-electron chi connectivity index (χ2n) is 9.30. The third-order valence-corrected chi connectivity index (χ3v) is 7.82. The van der Waals surface area contributed by atoms with E-state index < -0.39 is 0 Å². The van der Waals surface area contributed by atoms with Gasteiger partial charge in [-0.1, -0.05) is 102 Å². The lowest BCUT2D eigenvalue weighted by Crippen LogP contribution is -2.28. The normalized spacial score (nSPS) is 18.6. The minimum Gasteiger partial charge on any atom is -0.0940 e. The van der Waals surface area contributed by atoms with Gasteiger partial charge in [0, 0.05) is 11.4 Å². The summed E-state index contributed by atoms with van der Waals surface area (Å²) in [5.74, 6) is 6.67. The molecule has 0 saturated carbocycles. The van der Waals surface area contributed by atoms with Crippen LogP contribution in [0.2, 0.25) is 5.02 Å². The Morgan fingerprint density at radius 3 is 2.44 bits per heavy atom. The molecule has 1 spiro atoms. The summed E-state index contributed by atoms with van der Waals surface area (Å²) in [4.78, 5) is 0. The van der Waals surface area contributed by atoms with Gasteiger partial charge in [-0.2, -0.15) is 0 Å². The number of aryl methyl sites for hydroxylation is 1. The highest BCUT2D eigenvalue weighted by atomic mass is 35.5. The van der Waals surface area contributed by atoms with Crippen LogP contribution in [0, 0.1) is 18.8 Å². The summed E-state index contributed by atoms with van der Waals surface area (Å²) in [5.41, 5.74) is 14.1. The van der Waals surface area contributed by atoms with Gasteiger partial charge in [0.15, 0.2) is 0 Å². The van der Waals surface area contributed by atoms with Crippen molar-refractivity contribution in [3.05, 3.63) is 135 Å². The molecule has 0 amide bonds. The van der Waals surface area contributed by atoms with Crippen molar-refractivity contribution >= 4 is 17.2 Å². The molecule has 0 N–H and O–H groups in total. The number of allylic oxidation sites excluding steroid dienone is 4. The Balaban J connectivity index is 1.68. The molecule has 0 nitrogen and oxygen atoms in total. The summed E-state index contributed by atoms with van der Waals surface area (Å²) in [6.07, 6.45) is 4.99. The summed E-state index contributed by atoms with van der Waals surface area (Å²) in [6, 6.07) is 30.9. The van der Waals surface area contributed by atoms with Gasteiger partial charge in [0.2, 0.25) is 0 Å². The lowest BCUT2D eigenvalue weighted by Gasteiger charge is -2.34. The van der Waals surface area contributed by atoms with Gasteiger partial charge >= 0.3 is 0 Å². The molecule has 1 heteroatoms. The van der Waals surface area contributed by atoms with E-state index in [9.17, 15) is 0 Å². The molecule has 0 aromatic heterocycles. The van der Waals surface area contributed by atoms with Crippen molar-refractivity contribution in [1.29, 1.82) is 0 Å². The molecule has 3 aliphatic rings. The third kappa shape index (κ3) is 2.46. The van der Waals surface area contributed by atoms with Gasteiger partial charge < -0.3 is 0 Å². The van der Waals surface area contributed by atoms with Crippen molar-refractivity contribution < 1.29 is 0 Å². The smallest absolute Gasteiger partial charge is 0.0703 e. The van der Waals surface area contributed by atoms with E-state index in [-0.39, 0.29) is 5.41 Å². The Morgan fingerprint density at radius 1 is 0.765 bits per heavy atom. The molecule has 7 rings (SSSR count). The fourth-order valence-corrected chi connectivity index (χ4v) is 6.42. The number of fused-ring (bicyclic) bond motifs is 9. The van der Waals surface area contributed by atoms with Crippen molar-refractivity contribution in [2.24, 2.45) is 0 Å². The van der Waals surface area contributed by atoms with E-state index in [1.54, 1.807) is 0 Å². The van der Waals surface area contributed by atoms with Crippen molar-refractivity contribution in [3.8, 4) is 34.1 Å². The first kappa shape index (κ1) is 19.7. The van der Waals surface area contributed by atoms with Crippen LogP contribution < -0.4 is 0 Å². The topological polar surface area (TPSA) is 0 Å². The van der Waals surface area contributed by atoms with Gasteiger partial charge in [0.05, 0.1) is 5.41 Å². The van der Waals surface area contributed by atoms with Gasteiger partial charge in [-0.3, -0.25) is 0 Å². The van der Waals surface area contributed by atoms with Crippen LogP contribution in [0.5, 0.6) is 0 Å². The number of halogens is 1. The molecule has 0 bridgehead atoms. The Kier molecular flexibility index (Phi) is 4.11. The molecule has 0 heterocycles. The monoisotopic (exact) mass is 452 g/mol. The number of hydrogen-bond acceptors (Lipinski definition) is 0. The largest absolute Gasteiger partial charge is 0.0940 e. The van der Waals surface area contributed by atoms with Crippen molar-refractivity contribution in [2.45, 2.75) is 18.8 Å². The minimum absolute atomic E-state index is 0.359. The molecule has 0 saturated heterocycles. The summed E-state index contributed by atoms with van der Waals surface area (Å²) >= 11 is 6.27. The number of hydrogen-bond donors (Lipinski definition) is 0. The van der Waals surface area contributed by atoms with Crippen molar-refractivity contribution in [3.63, 3.8) is 0 Å². The van der Waals surface area contributed by atoms with E-state index in [1.165, 1.54) is 61.2 Å². The van der Waals surface area contributed by atoms with Crippen LogP contribution in [0.4, 0.5) is 0 Å². The average Bonchev–Trinajstić information content (AvgIpc) is 3.16. The van der Waals surface area contributed by atoms with E-state index >= 15 is 0 Å². The Hall–Kier alpha value is -3.79. The Labute approximate surface area is 205 Å². The Bertz CT molecular complexity index is 1640. The molecule has 0 fully saturated rings. The highest BCUT2D eigenvalue weighted by molar-refractivity contribution is 6.30. The van der Waals surface area contributed by atoms with Crippen LogP contribution in [-0.2, 0) is 5.41 Å². The molecular formula is C33H21Cl. The molecule has 3 aliphatic carbocycles. The van der Waals surface area contributed by atoms with E-state index in [4.69, 9.17) is 11.6 Å². The van der Waals surface area contributed by atoms with Gasteiger partial charge in [-0.15, -0.1) is 0 Å². The van der Waals surface area contributed by atoms with Gasteiger partial charge in [-0.25, -0.2) is 0 Å². The number of benzene rings is 4. The fourth-order valence-electron chi connectivity index (χ4n) is 6.30. The maximum atomic E-state index is 6.27. The molecule has 1 atom stereocenters. The van der Waals surface area contributed by atoms with Crippen LogP contribution in [0.25, 0.3) is 27.8 Å². The van der Waals surface area contributed by atoms with Crippen LogP contribution >= 0.6 is 11.6 Å². The van der Waals surface area contributed by atoms with E-state index in [0.29, 0.717) is 0 Å². The predicted octanol–water partition coefficient (Wildman–Crippen LogP) is 8.36. The first-order valence-corrected chi connectivity index (χ1v) is 12.1. The second-order valence-corrected chi connectivity index (χ2v) is 9.74. The molecular weight excluding hydrogens is 432 g/mol. The summed E-state index contributed by atoms with van der Waals surface area (Å²) in [5, 5.41) is 0.755. The zero-order valence-electron chi connectivity index (χ0n) is 18.8. The molecule has 4 aromatic rings. The molecule has 34 heavy (non-hydrogen) atoms. The predicted molar refractivity (Wildman–Crippen MR) is 142 cm³/mol. The molecule has 0 aliphatic heterocycles. The van der Waals surface area contributed by atoms with E-state index in [1.807, 2.05) is 18.2 Å². The fraction of sp³-hybridized carbons (Fsp3) is 0.0909. The second kappa shape index (κ2) is 7.10. The average molecular weight is 453 g/mol. The maximum absolute atomic E-state index is 6.27. The minimum atomic E-state index is -0.359. The zero-order valence-corrected chi connectivity index (χ0v) is 19.6. The molecule has 0 radical (unpaired) electrons. The van der Waals surface area contributed by atoms with Gasteiger partial charge in [-0.05, 0) is 86.9 Å². The van der Waals surface area contributed by atoms with Crippen LogP contribution in [0.15, 0.2) is 103 Å². The van der Waals surface area contributed by atoms with Crippen molar-refractivity contribution in [1.82, 2.24) is 0 Å². The van der Waals surface area contributed by atoms with Crippen molar-refractivity contribution in [2.75, 3.05) is 0 Å². The quantitative estimate of drug-likeness (QED) is 0.254. The molecule has 160 valence electrons. The van der Waals surface area contributed by atoms with E-state index in [2.05, 4.69) is 97.6 Å². The summed E-state index contributed by atoms with van der Waals surface area (Å²) < 4.78 is 0. The highest BCUT2D eigenvalue weighted by Crippen LogP contribution is 2.64. The van der Waals surface area contributed by atoms with Gasteiger partial charge in [0.1, 0.15) is 0 Å². The lowest BCUT2D eigenvalue weighted by molar-refractivity contribution is 0.751. The summed E-state index contributed by atoms with van der Waals surface area (Å²) in [6.45, 7) is 2.19. The number of rotatable bonds is 1.